The first-order chi connectivity index (χ1) is 12.8. The Hall–Kier alpha value is -2.90. The molecule has 0 bridgehead atoms. The molecule has 0 aliphatic carbocycles. The summed E-state index contributed by atoms with van der Waals surface area (Å²) in [6.07, 6.45) is 0.0108. The second-order valence-corrected chi connectivity index (χ2v) is 6.28. The van der Waals surface area contributed by atoms with E-state index in [0.29, 0.717) is 24.1 Å². The summed E-state index contributed by atoms with van der Waals surface area (Å²) in [4.78, 5) is 23.5. The lowest BCUT2D eigenvalue weighted by Gasteiger charge is -2.31. The first-order valence-corrected chi connectivity index (χ1v) is 8.47. The summed E-state index contributed by atoms with van der Waals surface area (Å²) in [5, 5.41) is 9.23. The third-order valence-electron chi connectivity index (χ3n) is 4.66. The van der Waals surface area contributed by atoms with Crippen LogP contribution in [0, 0.1) is 0 Å². The van der Waals surface area contributed by atoms with Crippen LogP contribution < -0.4 is 14.9 Å². The van der Waals surface area contributed by atoms with E-state index in [0.717, 1.165) is 5.56 Å². The smallest absolute Gasteiger partial charge is 0.341 e. The highest BCUT2D eigenvalue weighted by molar-refractivity contribution is 5.87. The van der Waals surface area contributed by atoms with E-state index in [-0.39, 0.29) is 23.1 Å². The quantitative estimate of drug-likeness (QED) is 0.833. The molecule has 0 spiro atoms. The number of nitrogens with zero attached hydrogens (tertiary/aromatic N) is 1. The van der Waals surface area contributed by atoms with Crippen molar-refractivity contribution in [1.29, 1.82) is 0 Å². The minimum atomic E-state index is -2.61. The predicted molar refractivity (Wildman–Crippen MR) is 94.2 cm³/mol. The molecule has 8 heteroatoms. The molecule has 1 aromatic carbocycles. The normalized spacial score (nSPS) is 15.2. The Labute approximate surface area is 154 Å². The second kappa shape index (κ2) is 7.38. The Morgan fingerprint density at radius 3 is 2.67 bits per heavy atom. The third-order valence-corrected chi connectivity index (χ3v) is 4.66. The summed E-state index contributed by atoms with van der Waals surface area (Å²) < 4.78 is 37.2. The number of hydrogen-bond donors (Lipinski definition) is 1. The standard InChI is InChI=1S/C19H19F2NO5/c1-3-11-4-10-5-17(27-9-18(20)21)16(26-2)6-12(10)14-7-15(23)13(19(24)25)8-22(11)14/h5-8,11,18H,3-4,9H2,1-2H3,(H,24,25)/t11-/m0/s1. The van der Waals surface area contributed by atoms with Gasteiger partial charge < -0.3 is 19.1 Å². The Morgan fingerprint density at radius 2 is 2.07 bits per heavy atom. The molecule has 0 radical (unpaired) electrons. The van der Waals surface area contributed by atoms with Gasteiger partial charge >= 0.3 is 5.97 Å². The number of rotatable bonds is 6. The maximum Gasteiger partial charge on any atom is 0.341 e. The molecule has 1 N–H and O–H groups in total. The summed E-state index contributed by atoms with van der Waals surface area (Å²) in [5.41, 5.74) is 1.21. The molecule has 0 saturated carbocycles. The number of halogens is 2. The minimum Gasteiger partial charge on any atom is -0.493 e. The van der Waals surface area contributed by atoms with Crippen LogP contribution in [0.25, 0.3) is 11.3 Å². The van der Waals surface area contributed by atoms with Gasteiger partial charge in [-0.2, -0.15) is 0 Å². The molecule has 0 amide bonds. The number of ether oxygens (including phenoxy) is 2. The Bertz CT molecular complexity index is 938. The van der Waals surface area contributed by atoms with Crippen molar-refractivity contribution in [1.82, 2.24) is 4.57 Å². The third kappa shape index (κ3) is 3.51. The number of carboxylic acids is 1. The van der Waals surface area contributed by atoms with Gasteiger partial charge in [0.1, 0.15) is 12.2 Å². The summed E-state index contributed by atoms with van der Waals surface area (Å²) >= 11 is 0. The van der Waals surface area contributed by atoms with E-state index in [1.807, 2.05) is 6.92 Å². The molecule has 1 atom stereocenters. The van der Waals surface area contributed by atoms with E-state index in [1.165, 1.54) is 19.4 Å². The molecule has 0 unspecified atom stereocenters. The van der Waals surface area contributed by atoms with Crippen LogP contribution in [0.1, 0.15) is 35.3 Å². The van der Waals surface area contributed by atoms with Gasteiger partial charge in [0, 0.05) is 23.9 Å². The number of hydrogen-bond acceptors (Lipinski definition) is 4. The largest absolute Gasteiger partial charge is 0.493 e. The fraction of sp³-hybridized carbons (Fsp3) is 0.368. The van der Waals surface area contributed by atoms with E-state index >= 15 is 0 Å². The van der Waals surface area contributed by atoms with Gasteiger partial charge in [-0.05, 0) is 30.5 Å². The molecule has 144 valence electrons. The van der Waals surface area contributed by atoms with Crippen molar-refractivity contribution in [2.24, 2.45) is 0 Å². The number of alkyl halides is 2. The maximum absolute atomic E-state index is 12.5. The van der Waals surface area contributed by atoms with Crippen molar-refractivity contribution < 1.29 is 28.2 Å². The molecule has 3 rings (SSSR count). The number of benzene rings is 1. The second-order valence-electron chi connectivity index (χ2n) is 6.28. The summed E-state index contributed by atoms with van der Waals surface area (Å²) in [6.45, 7) is 1.21. The van der Waals surface area contributed by atoms with Crippen molar-refractivity contribution in [2.45, 2.75) is 32.2 Å². The topological polar surface area (TPSA) is 77.8 Å². The van der Waals surface area contributed by atoms with Crippen LogP contribution in [0.15, 0.2) is 29.2 Å². The fourth-order valence-electron chi connectivity index (χ4n) is 3.36. The predicted octanol–water partition coefficient (Wildman–Crippen LogP) is 3.37. The van der Waals surface area contributed by atoms with Gasteiger partial charge in [0.25, 0.3) is 6.43 Å². The Kier molecular flexibility index (Phi) is 5.16. The van der Waals surface area contributed by atoms with E-state index in [9.17, 15) is 23.5 Å². The molecule has 0 fully saturated rings. The van der Waals surface area contributed by atoms with Crippen LogP contribution in [0.5, 0.6) is 11.5 Å². The first kappa shape index (κ1) is 18.9. The SMILES string of the molecule is CC[C@H]1Cc2cc(OCC(F)F)c(OC)cc2-c2cc(=O)c(C(=O)O)cn21. The first-order valence-electron chi connectivity index (χ1n) is 8.47. The number of pyridine rings is 1. The van der Waals surface area contributed by atoms with E-state index in [4.69, 9.17) is 9.47 Å². The Morgan fingerprint density at radius 1 is 1.33 bits per heavy atom. The van der Waals surface area contributed by atoms with Gasteiger partial charge in [0.15, 0.2) is 16.9 Å². The molecule has 1 aliphatic heterocycles. The van der Waals surface area contributed by atoms with Crippen molar-refractivity contribution in [2.75, 3.05) is 13.7 Å². The lowest BCUT2D eigenvalue weighted by atomic mass is 9.90. The number of carbonyl (C=O) groups is 1. The van der Waals surface area contributed by atoms with Crippen LogP contribution in [0.3, 0.4) is 0 Å². The lowest BCUT2D eigenvalue weighted by Crippen LogP contribution is -2.25. The van der Waals surface area contributed by atoms with Crippen LogP contribution in [0.4, 0.5) is 8.78 Å². The highest BCUT2D eigenvalue weighted by Gasteiger charge is 2.27. The van der Waals surface area contributed by atoms with Crippen LogP contribution in [-0.2, 0) is 6.42 Å². The van der Waals surface area contributed by atoms with Gasteiger partial charge in [0.05, 0.1) is 12.8 Å². The molecule has 6 nitrogen and oxygen atoms in total. The molecule has 2 aromatic rings. The van der Waals surface area contributed by atoms with Gasteiger partial charge in [-0.3, -0.25) is 4.79 Å². The molecular formula is C19H19F2NO5. The molecule has 27 heavy (non-hydrogen) atoms. The zero-order chi connectivity index (χ0) is 19.7. The van der Waals surface area contributed by atoms with Crippen LogP contribution in [0.2, 0.25) is 0 Å². The highest BCUT2D eigenvalue weighted by atomic mass is 19.3. The van der Waals surface area contributed by atoms with Crippen molar-refractivity contribution in [3.05, 3.63) is 45.7 Å². The highest BCUT2D eigenvalue weighted by Crippen LogP contribution is 2.41. The average Bonchev–Trinajstić information content (AvgIpc) is 2.64. The minimum absolute atomic E-state index is 0.0671. The van der Waals surface area contributed by atoms with E-state index in [1.54, 1.807) is 16.7 Å². The number of methoxy groups -OCH3 is 1. The lowest BCUT2D eigenvalue weighted by molar-refractivity contribution is 0.0694. The van der Waals surface area contributed by atoms with E-state index < -0.39 is 24.4 Å². The molecule has 1 aromatic heterocycles. The zero-order valence-corrected chi connectivity index (χ0v) is 14.9. The monoisotopic (exact) mass is 379 g/mol. The van der Waals surface area contributed by atoms with Crippen LogP contribution >= 0.6 is 0 Å². The number of fused-ring (bicyclic) bond motifs is 3. The van der Waals surface area contributed by atoms with E-state index in [2.05, 4.69) is 0 Å². The molecule has 2 heterocycles. The van der Waals surface area contributed by atoms with Crippen LogP contribution in [-0.4, -0.2) is 35.8 Å². The summed E-state index contributed by atoms with van der Waals surface area (Å²) in [7, 11) is 1.40. The fourth-order valence-corrected chi connectivity index (χ4v) is 3.36. The van der Waals surface area contributed by atoms with Gasteiger partial charge in [-0.25, -0.2) is 13.6 Å². The molecule has 1 aliphatic rings. The number of aromatic carboxylic acids is 1. The average molecular weight is 379 g/mol. The van der Waals surface area contributed by atoms with Gasteiger partial charge in [0.2, 0.25) is 0 Å². The zero-order valence-electron chi connectivity index (χ0n) is 14.9. The summed E-state index contributed by atoms with van der Waals surface area (Å²) in [6, 6.07) is 4.51. The maximum atomic E-state index is 12.5. The number of carboxylic acid groups (broad SMARTS) is 1. The molecule has 0 saturated heterocycles. The molecular weight excluding hydrogens is 360 g/mol. The summed E-state index contributed by atoms with van der Waals surface area (Å²) in [5.74, 6) is -0.792. The van der Waals surface area contributed by atoms with Crippen molar-refractivity contribution in [3.63, 3.8) is 0 Å². The van der Waals surface area contributed by atoms with Crippen molar-refractivity contribution >= 4 is 5.97 Å². The van der Waals surface area contributed by atoms with Crippen molar-refractivity contribution in [3.8, 4) is 22.8 Å². The van der Waals surface area contributed by atoms with Gasteiger partial charge in [-0.15, -0.1) is 0 Å². The number of aromatic nitrogens is 1. The van der Waals surface area contributed by atoms with Gasteiger partial charge in [-0.1, -0.05) is 6.92 Å². The Balaban J connectivity index is 2.17.